The first-order chi connectivity index (χ1) is 12.2. The van der Waals surface area contributed by atoms with E-state index < -0.39 is 0 Å². The van der Waals surface area contributed by atoms with Crippen LogP contribution in [0.4, 0.5) is 11.5 Å². The standard InChI is InChI=1S/C20H26N4O/c1-3-15-9-8-10-16(4-2)19(15)21-20(25)17-11-12-18(23-22-17)24-13-6-5-7-14-24/h8-12H,3-7,13-14H2,1-2H3,(H,21,25). The maximum absolute atomic E-state index is 12.6. The molecule has 2 aromatic rings. The molecule has 0 atom stereocenters. The highest BCUT2D eigenvalue weighted by molar-refractivity contribution is 6.03. The fourth-order valence-electron chi connectivity index (χ4n) is 3.32. The molecule has 1 aromatic heterocycles. The molecule has 0 spiro atoms. The Morgan fingerprint density at radius 1 is 1.00 bits per heavy atom. The molecule has 1 amide bonds. The first-order valence-corrected chi connectivity index (χ1v) is 9.23. The lowest BCUT2D eigenvalue weighted by molar-refractivity contribution is 0.102. The number of aryl methyl sites for hydroxylation is 2. The van der Waals surface area contributed by atoms with Gasteiger partial charge < -0.3 is 10.2 Å². The van der Waals surface area contributed by atoms with Crippen molar-refractivity contribution in [3.8, 4) is 0 Å². The minimum atomic E-state index is -0.201. The average Bonchev–Trinajstić information content (AvgIpc) is 2.69. The average molecular weight is 338 g/mol. The molecule has 1 aliphatic heterocycles. The van der Waals surface area contributed by atoms with Crippen molar-refractivity contribution in [3.63, 3.8) is 0 Å². The van der Waals surface area contributed by atoms with E-state index in [4.69, 9.17) is 0 Å². The summed E-state index contributed by atoms with van der Waals surface area (Å²) in [4.78, 5) is 14.8. The van der Waals surface area contributed by atoms with E-state index >= 15 is 0 Å². The lowest BCUT2D eigenvalue weighted by atomic mass is 10.0. The number of hydrogen-bond donors (Lipinski definition) is 1. The summed E-state index contributed by atoms with van der Waals surface area (Å²) in [7, 11) is 0. The van der Waals surface area contributed by atoms with E-state index in [0.29, 0.717) is 5.69 Å². The number of aromatic nitrogens is 2. The predicted octanol–water partition coefficient (Wildman–Crippen LogP) is 3.84. The van der Waals surface area contributed by atoms with Gasteiger partial charge in [-0.2, -0.15) is 0 Å². The van der Waals surface area contributed by atoms with Crippen LogP contribution in [-0.2, 0) is 12.8 Å². The zero-order valence-corrected chi connectivity index (χ0v) is 15.1. The van der Waals surface area contributed by atoms with Gasteiger partial charge in [0.15, 0.2) is 11.5 Å². The molecular weight excluding hydrogens is 312 g/mol. The van der Waals surface area contributed by atoms with Crippen LogP contribution in [0.25, 0.3) is 0 Å². The van der Waals surface area contributed by atoms with Gasteiger partial charge in [-0.05, 0) is 55.4 Å². The number of nitrogens with one attached hydrogen (secondary N) is 1. The quantitative estimate of drug-likeness (QED) is 0.900. The summed E-state index contributed by atoms with van der Waals surface area (Å²) in [5, 5.41) is 11.5. The van der Waals surface area contributed by atoms with Crippen LogP contribution in [0.2, 0.25) is 0 Å². The third kappa shape index (κ3) is 3.98. The summed E-state index contributed by atoms with van der Waals surface area (Å²) >= 11 is 0. The Hall–Kier alpha value is -2.43. The van der Waals surface area contributed by atoms with E-state index in [0.717, 1.165) is 48.6 Å². The summed E-state index contributed by atoms with van der Waals surface area (Å²) in [5.74, 6) is 0.660. The minimum Gasteiger partial charge on any atom is -0.355 e. The van der Waals surface area contributed by atoms with Crippen molar-refractivity contribution in [3.05, 3.63) is 47.2 Å². The van der Waals surface area contributed by atoms with Crippen molar-refractivity contribution in [1.82, 2.24) is 10.2 Å². The molecule has 132 valence electrons. The fraction of sp³-hybridized carbons (Fsp3) is 0.450. The van der Waals surface area contributed by atoms with Crippen molar-refractivity contribution in [2.45, 2.75) is 46.0 Å². The number of rotatable bonds is 5. The van der Waals surface area contributed by atoms with Gasteiger partial charge in [-0.25, -0.2) is 0 Å². The maximum atomic E-state index is 12.6. The predicted molar refractivity (Wildman–Crippen MR) is 101 cm³/mol. The van der Waals surface area contributed by atoms with Gasteiger partial charge in [0.1, 0.15) is 0 Å². The van der Waals surface area contributed by atoms with Crippen molar-refractivity contribution in [1.29, 1.82) is 0 Å². The molecule has 0 unspecified atom stereocenters. The normalized spacial score (nSPS) is 14.4. The van der Waals surface area contributed by atoms with Crippen molar-refractivity contribution in [2.24, 2.45) is 0 Å². The molecule has 2 heterocycles. The molecule has 1 saturated heterocycles. The number of anilines is 2. The number of piperidine rings is 1. The molecule has 0 aliphatic carbocycles. The molecular formula is C20H26N4O. The van der Waals surface area contributed by atoms with Crippen molar-refractivity contribution in [2.75, 3.05) is 23.3 Å². The first-order valence-electron chi connectivity index (χ1n) is 9.23. The zero-order valence-electron chi connectivity index (χ0n) is 15.1. The molecule has 1 N–H and O–H groups in total. The van der Waals surface area contributed by atoms with E-state index in [1.165, 1.54) is 19.3 Å². The fourth-order valence-corrected chi connectivity index (χ4v) is 3.32. The molecule has 1 fully saturated rings. The van der Waals surface area contributed by atoms with Crippen LogP contribution >= 0.6 is 0 Å². The Labute approximate surface area is 149 Å². The Kier molecular flexibility index (Phi) is 5.64. The number of nitrogens with zero attached hydrogens (tertiary/aromatic N) is 3. The van der Waals surface area contributed by atoms with Crippen LogP contribution in [0, 0.1) is 0 Å². The van der Waals surface area contributed by atoms with Crippen molar-refractivity contribution < 1.29 is 4.79 Å². The number of para-hydroxylation sites is 1. The zero-order chi connectivity index (χ0) is 17.6. The number of benzene rings is 1. The van der Waals surface area contributed by atoms with Gasteiger partial charge in [-0.15, -0.1) is 10.2 Å². The molecule has 3 rings (SSSR count). The van der Waals surface area contributed by atoms with E-state index in [-0.39, 0.29) is 5.91 Å². The van der Waals surface area contributed by atoms with Gasteiger partial charge in [-0.3, -0.25) is 4.79 Å². The van der Waals surface area contributed by atoms with Crippen LogP contribution in [0.3, 0.4) is 0 Å². The van der Waals surface area contributed by atoms with Crippen LogP contribution in [0.5, 0.6) is 0 Å². The Bertz CT molecular complexity index is 699. The lowest BCUT2D eigenvalue weighted by Crippen LogP contribution is -2.30. The number of carbonyl (C=O) groups excluding carboxylic acids is 1. The molecule has 1 aromatic carbocycles. The molecule has 1 aliphatic rings. The Morgan fingerprint density at radius 3 is 2.24 bits per heavy atom. The van der Waals surface area contributed by atoms with Crippen LogP contribution in [0.1, 0.15) is 54.7 Å². The summed E-state index contributed by atoms with van der Waals surface area (Å²) in [5.41, 5.74) is 3.56. The monoisotopic (exact) mass is 338 g/mol. The minimum absolute atomic E-state index is 0.201. The van der Waals surface area contributed by atoms with E-state index in [1.54, 1.807) is 6.07 Å². The van der Waals surface area contributed by atoms with E-state index in [2.05, 4.69) is 46.4 Å². The number of carbonyl (C=O) groups is 1. The highest BCUT2D eigenvalue weighted by Gasteiger charge is 2.16. The van der Waals surface area contributed by atoms with Gasteiger partial charge in [-0.1, -0.05) is 32.0 Å². The summed E-state index contributed by atoms with van der Waals surface area (Å²) < 4.78 is 0. The highest BCUT2D eigenvalue weighted by Crippen LogP contribution is 2.23. The highest BCUT2D eigenvalue weighted by atomic mass is 16.1. The smallest absolute Gasteiger partial charge is 0.276 e. The van der Waals surface area contributed by atoms with Crippen molar-refractivity contribution >= 4 is 17.4 Å². The van der Waals surface area contributed by atoms with Gasteiger partial charge >= 0.3 is 0 Å². The third-order valence-electron chi connectivity index (χ3n) is 4.80. The van der Waals surface area contributed by atoms with Crippen LogP contribution in [-0.4, -0.2) is 29.2 Å². The Morgan fingerprint density at radius 2 is 1.68 bits per heavy atom. The largest absolute Gasteiger partial charge is 0.355 e. The van der Waals surface area contributed by atoms with Crippen LogP contribution < -0.4 is 10.2 Å². The Balaban J connectivity index is 1.75. The topological polar surface area (TPSA) is 58.1 Å². The second kappa shape index (κ2) is 8.10. The van der Waals surface area contributed by atoms with Crippen LogP contribution in [0.15, 0.2) is 30.3 Å². The lowest BCUT2D eigenvalue weighted by Gasteiger charge is -2.27. The first kappa shape index (κ1) is 17.4. The van der Waals surface area contributed by atoms with Gasteiger partial charge in [0.2, 0.25) is 0 Å². The molecule has 0 bridgehead atoms. The second-order valence-electron chi connectivity index (χ2n) is 6.44. The SMILES string of the molecule is CCc1cccc(CC)c1NC(=O)c1ccc(N2CCCCC2)nn1. The summed E-state index contributed by atoms with van der Waals surface area (Å²) in [6.07, 6.45) is 5.42. The van der Waals surface area contributed by atoms with E-state index in [1.807, 2.05) is 12.1 Å². The van der Waals surface area contributed by atoms with Gasteiger partial charge in [0, 0.05) is 18.8 Å². The van der Waals surface area contributed by atoms with Gasteiger partial charge in [0.25, 0.3) is 5.91 Å². The van der Waals surface area contributed by atoms with Gasteiger partial charge in [0.05, 0.1) is 0 Å². The van der Waals surface area contributed by atoms with E-state index in [9.17, 15) is 4.79 Å². The second-order valence-corrected chi connectivity index (χ2v) is 6.44. The molecule has 5 heteroatoms. The summed E-state index contributed by atoms with van der Waals surface area (Å²) in [6.45, 7) is 6.23. The molecule has 0 saturated carbocycles. The molecule has 0 radical (unpaired) electrons. The molecule has 25 heavy (non-hydrogen) atoms. The third-order valence-corrected chi connectivity index (χ3v) is 4.80. The summed E-state index contributed by atoms with van der Waals surface area (Å²) in [6, 6.07) is 9.83. The molecule has 5 nitrogen and oxygen atoms in total. The number of amides is 1. The maximum Gasteiger partial charge on any atom is 0.276 e. The number of hydrogen-bond acceptors (Lipinski definition) is 4.